The van der Waals surface area contributed by atoms with Gasteiger partial charge in [-0.2, -0.15) is 0 Å². The molecule has 5 heteroatoms. The highest BCUT2D eigenvalue weighted by atomic mass is 16.6. The Morgan fingerprint density at radius 1 is 1.44 bits per heavy atom. The van der Waals surface area contributed by atoms with Crippen molar-refractivity contribution in [3.63, 3.8) is 0 Å². The van der Waals surface area contributed by atoms with E-state index in [1.165, 1.54) is 6.08 Å². The first-order valence-corrected chi connectivity index (χ1v) is 5.52. The zero-order valence-corrected chi connectivity index (χ0v) is 10.3. The van der Waals surface area contributed by atoms with Crippen molar-refractivity contribution >= 4 is 11.9 Å². The predicted molar refractivity (Wildman–Crippen MR) is 64.5 cm³/mol. The van der Waals surface area contributed by atoms with Gasteiger partial charge in [-0.15, -0.1) is 0 Å². The third-order valence-corrected chi connectivity index (χ3v) is 2.26. The maximum Gasteiger partial charge on any atom is 0.337 e. The van der Waals surface area contributed by atoms with Crippen LogP contribution in [0.2, 0.25) is 0 Å². The van der Waals surface area contributed by atoms with E-state index in [0.717, 1.165) is 6.08 Å². The smallest absolute Gasteiger partial charge is 0.337 e. The fourth-order valence-corrected chi connectivity index (χ4v) is 1.18. The Morgan fingerprint density at radius 2 is 2.11 bits per heavy atom. The van der Waals surface area contributed by atoms with E-state index in [9.17, 15) is 9.59 Å². The summed E-state index contributed by atoms with van der Waals surface area (Å²) in [6.45, 7) is 9.00. The summed E-state index contributed by atoms with van der Waals surface area (Å²) in [6.07, 6.45) is 2.87. The Hall–Kier alpha value is -1.88. The molecular formula is C13H16O5. The van der Waals surface area contributed by atoms with Gasteiger partial charge in [0.2, 0.25) is 0 Å². The van der Waals surface area contributed by atoms with Gasteiger partial charge >= 0.3 is 11.9 Å². The molecule has 1 fully saturated rings. The summed E-state index contributed by atoms with van der Waals surface area (Å²) >= 11 is 0. The zero-order chi connectivity index (χ0) is 13.5. The van der Waals surface area contributed by atoms with Crippen molar-refractivity contribution in [3.05, 3.63) is 36.6 Å². The van der Waals surface area contributed by atoms with Crippen LogP contribution in [0.5, 0.6) is 0 Å². The first-order chi connectivity index (χ1) is 8.58. The number of carbonyl (C=O) groups excluding carboxylic acids is 2. The van der Waals surface area contributed by atoms with Crippen molar-refractivity contribution in [3.8, 4) is 0 Å². The second kappa shape index (κ2) is 6.76. The molecule has 5 nitrogen and oxygen atoms in total. The Bertz CT molecular complexity index is 390. The molecule has 1 heterocycles. The molecule has 1 atom stereocenters. The van der Waals surface area contributed by atoms with E-state index in [-0.39, 0.29) is 24.0 Å². The second-order valence-corrected chi connectivity index (χ2v) is 3.72. The minimum absolute atomic E-state index is 0.000213. The number of rotatable bonds is 7. The molecule has 98 valence electrons. The average molecular weight is 252 g/mol. The van der Waals surface area contributed by atoms with Crippen molar-refractivity contribution in [1.82, 2.24) is 0 Å². The molecule has 1 aliphatic heterocycles. The van der Waals surface area contributed by atoms with Crippen LogP contribution in [0.4, 0.5) is 0 Å². The van der Waals surface area contributed by atoms with Crippen LogP contribution in [0, 0.1) is 0 Å². The van der Waals surface area contributed by atoms with Gasteiger partial charge in [0.05, 0.1) is 18.3 Å². The predicted octanol–water partition coefficient (Wildman–Crippen LogP) is 1.51. The van der Waals surface area contributed by atoms with E-state index in [0.29, 0.717) is 13.0 Å². The van der Waals surface area contributed by atoms with Crippen molar-refractivity contribution in [2.45, 2.75) is 19.4 Å². The van der Waals surface area contributed by atoms with E-state index in [2.05, 4.69) is 13.2 Å². The van der Waals surface area contributed by atoms with Gasteiger partial charge in [0, 0.05) is 12.5 Å². The number of hydrogen-bond acceptors (Lipinski definition) is 5. The summed E-state index contributed by atoms with van der Waals surface area (Å²) in [4.78, 5) is 22.8. The van der Waals surface area contributed by atoms with Gasteiger partial charge in [-0.3, -0.25) is 0 Å². The molecule has 18 heavy (non-hydrogen) atoms. The standard InChI is InChI=1S/C13H16O5/c1-4-6-16-13(15)9(3)11(7-10-8-17-10)18-12(14)5-2/h4-5,10H,1-2,6-8H2,3H3. The number of hydrogen-bond donors (Lipinski definition) is 0. The van der Waals surface area contributed by atoms with E-state index in [1.54, 1.807) is 6.92 Å². The van der Waals surface area contributed by atoms with Crippen LogP contribution >= 0.6 is 0 Å². The molecule has 0 bridgehead atoms. The topological polar surface area (TPSA) is 65.1 Å². The Morgan fingerprint density at radius 3 is 2.61 bits per heavy atom. The summed E-state index contributed by atoms with van der Waals surface area (Å²) in [6, 6.07) is 0. The molecular weight excluding hydrogens is 236 g/mol. The number of epoxide rings is 1. The van der Waals surface area contributed by atoms with Crippen LogP contribution in [0.15, 0.2) is 36.6 Å². The zero-order valence-electron chi connectivity index (χ0n) is 10.3. The molecule has 0 saturated carbocycles. The third-order valence-electron chi connectivity index (χ3n) is 2.26. The van der Waals surface area contributed by atoms with Crippen LogP contribution in [-0.4, -0.2) is 31.3 Å². The quantitative estimate of drug-likeness (QED) is 0.226. The molecule has 0 aliphatic carbocycles. The van der Waals surface area contributed by atoms with Crippen molar-refractivity contribution in [2.24, 2.45) is 0 Å². The van der Waals surface area contributed by atoms with Crippen LogP contribution in [-0.2, 0) is 23.8 Å². The number of carbonyl (C=O) groups is 2. The lowest BCUT2D eigenvalue weighted by molar-refractivity contribution is -0.138. The molecule has 0 N–H and O–H groups in total. The minimum atomic E-state index is -0.610. The molecule has 0 amide bonds. The highest BCUT2D eigenvalue weighted by Gasteiger charge is 2.28. The van der Waals surface area contributed by atoms with Gasteiger partial charge in [0.15, 0.2) is 0 Å². The van der Waals surface area contributed by atoms with Crippen LogP contribution in [0.3, 0.4) is 0 Å². The fourth-order valence-electron chi connectivity index (χ4n) is 1.18. The maximum absolute atomic E-state index is 11.6. The summed E-state index contributed by atoms with van der Waals surface area (Å²) < 4.78 is 15.0. The molecule has 1 saturated heterocycles. The van der Waals surface area contributed by atoms with Gasteiger partial charge in [0.25, 0.3) is 0 Å². The van der Waals surface area contributed by atoms with Crippen molar-refractivity contribution < 1.29 is 23.8 Å². The van der Waals surface area contributed by atoms with E-state index >= 15 is 0 Å². The van der Waals surface area contributed by atoms with Gasteiger partial charge in [-0.25, -0.2) is 9.59 Å². The summed E-state index contributed by atoms with van der Waals surface area (Å²) in [7, 11) is 0. The lowest BCUT2D eigenvalue weighted by atomic mass is 10.2. The Balaban J connectivity index is 2.75. The van der Waals surface area contributed by atoms with Crippen LogP contribution < -0.4 is 0 Å². The van der Waals surface area contributed by atoms with Gasteiger partial charge in [-0.05, 0) is 6.92 Å². The lowest BCUT2D eigenvalue weighted by Crippen LogP contribution is -2.12. The molecule has 0 aromatic heterocycles. The fraction of sp³-hybridized carbons (Fsp3) is 0.385. The number of ether oxygens (including phenoxy) is 3. The van der Waals surface area contributed by atoms with Gasteiger partial charge < -0.3 is 14.2 Å². The average Bonchev–Trinajstić information content (AvgIpc) is 3.17. The summed E-state index contributed by atoms with van der Waals surface area (Å²) in [5, 5.41) is 0. The van der Waals surface area contributed by atoms with Gasteiger partial charge in [-0.1, -0.05) is 19.2 Å². The Labute approximate surface area is 106 Å². The van der Waals surface area contributed by atoms with E-state index in [1.807, 2.05) is 0 Å². The SMILES string of the molecule is C=CCOC(=O)C(C)=C(CC1CO1)OC(=O)C=C. The van der Waals surface area contributed by atoms with Crippen LogP contribution in [0.1, 0.15) is 13.3 Å². The summed E-state index contributed by atoms with van der Waals surface area (Å²) in [5.41, 5.74) is 0.252. The Kier molecular flexibility index (Phi) is 5.32. The minimum Gasteiger partial charge on any atom is -0.458 e. The van der Waals surface area contributed by atoms with Crippen molar-refractivity contribution in [1.29, 1.82) is 0 Å². The highest BCUT2D eigenvalue weighted by molar-refractivity contribution is 5.89. The normalized spacial score (nSPS) is 18.4. The molecule has 0 spiro atoms. The van der Waals surface area contributed by atoms with Crippen LogP contribution in [0.25, 0.3) is 0 Å². The molecule has 1 unspecified atom stereocenters. The first kappa shape index (κ1) is 14.2. The molecule has 0 aromatic rings. The van der Waals surface area contributed by atoms with E-state index < -0.39 is 11.9 Å². The number of esters is 2. The maximum atomic E-state index is 11.6. The molecule has 1 rings (SSSR count). The monoisotopic (exact) mass is 252 g/mol. The highest BCUT2D eigenvalue weighted by Crippen LogP contribution is 2.23. The second-order valence-electron chi connectivity index (χ2n) is 3.72. The third kappa shape index (κ3) is 4.55. The van der Waals surface area contributed by atoms with Crippen molar-refractivity contribution in [2.75, 3.05) is 13.2 Å². The first-order valence-electron chi connectivity index (χ1n) is 5.52. The van der Waals surface area contributed by atoms with E-state index in [4.69, 9.17) is 14.2 Å². The largest absolute Gasteiger partial charge is 0.458 e. The summed E-state index contributed by atoms with van der Waals surface area (Å²) in [5.74, 6) is -0.889. The molecule has 0 aromatic carbocycles. The van der Waals surface area contributed by atoms with Gasteiger partial charge in [0.1, 0.15) is 12.4 Å². The lowest BCUT2D eigenvalue weighted by Gasteiger charge is -2.10. The molecule has 0 radical (unpaired) electrons. The molecule has 1 aliphatic rings.